The Kier molecular flexibility index (Phi) is 4.48. The van der Waals surface area contributed by atoms with Crippen molar-refractivity contribution in [2.24, 2.45) is 5.92 Å². The summed E-state index contributed by atoms with van der Waals surface area (Å²) in [6, 6.07) is 9.00. The van der Waals surface area contributed by atoms with Crippen LogP contribution in [0.3, 0.4) is 0 Å². The van der Waals surface area contributed by atoms with Crippen molar-refractivity contribution in [2.45, 2.75) is 12.8 Å². The Morgan fingerprint density at radius 3 is 2.64 bits per heavy atom. The maximum atomic E-state index is 13.7. The Balaban J connectivity index is 1.87. The fraction of sp³-hybridized carbons (Fsp3) is 0.222. The van der Waals surface area contributed by atoms with E-state index in [0.717, 1.165) is 17.2 Å². The minimum atomic E-state index is -1.68. The third-order valence-electron chi connectivity index (χ3n) is 4.23. The number of amides is 2. The number of carbonyl (C=O) groups is 2. The zero-order chi connectivity index (χ0) is 18.1. The van der Waals surface area contributed by atoms with Crippen molar-refractivity contribution in [2.75, 3.05) is 11.9 Å². The maximum absolute atomic E-state index is 13.7. The minimum Gasteiger partial charge on any atom is -0.355 e. The number of halogens is 3. The van der Waals surface area contributed by atoms with Gasteiger partial charge in [-0.2, -0.15) is 0 Å². The molecule has 3 rings (SSSR count). The van der Waals surface area contributed by atoms with Crippen molar-refractivity contribution in [3.05, 3.63) is 65.0 Å². The smallest absolute Gasteiger partial charge is 0.237 e. The van der Waals surface area contributed by atoms with Crippen LogP contribution in [-0.4, -0.2) is 18.4 Å². The summed E-state index contributed by atoms with van der Waals surface area (Å²) in [6.45, 7) is 2.15. The highest BCUT2D eigenvalue weighted by Crippen LogP contribution is 2.31. The first-order valence-electron chi connectivity index (χ1n) is 7.67. The molecule has 0 aromatic heterocycles. The summed E-state index contributed by atoms with van der Waals surface area (Å²) in [5.41, 5.74) is 1.26. The molecule has 0 bridgehead atoms. The lowest BCUT2D eigenvalue weighted by atomic mass is 9.87. The van der Waals surface area contributed by atoms with E-state index >= 15 is 0 Å². The molecule has 2 aromatic rings. The van der Waals surface area contributed by atoms with Crippen LogP contribution in [0.4, 0.5) is 18.9 Å². The Hall–Kier alpha value is -2.83. The van der Waals surface area contributed by atoms with Crippen LogP contribution >= 0.6 is 0 Å². The van der Waals surface area contributed by atoms with E-state index in [1.54, 1.807) is 6.07 Å². The SMILES string of the molecule is Cc1cccc(C2CNC(=O)C2C(=O)Nc2ccc(F)c(F)c2F)c1. The van der Waals surface area contributed by atoms with Gasteiger partial charge in [0.1, 0.15) is 5.92 Å². The molecule has 2 amide bonds. The quantitative estimate of drug-likeness (QED) is 0.662. The first-order valence-corrected chi connectivity index (χ1v) is 7.67. The van der Waals surface area contributed by atoms with Crippen LogP contribution in [0.15, 0.2) is 36.4 Å². The number of anilines is 1. The highest BCUT2D eigenvalue weighted by atomic mass is 19.2. The first-order chi connectivity index (χ1) is 11.9. The Morgan fingerprint density at radius 1 is 1.16 bits per heavy atom. The highest BCUT2D eigenvalue weighted by Gasteiger charge is 2.41. The van der Waals surface area contributed by atoms with Gasteiger partial charge in [-0.15, -0.1) is 0 Å². The van der Waals surface area contributed by atoms with E-state index in [4.69, 9.17) is 0 Å². The summed E-state index contributed by atoms with van der Waals surface area (Å²) in [7, 11) is 0. The van der Waals surface area contributed by atoms with Gasteiger partial charge in [0.2, 0.25) is 11.8 Å². The zero-order valence-electron chi connectivity index (χ0n) is 13.3. The summed E-state index contributed by atoms with van der Waals surface area (Å²) in [5, 5.41) is 4.80. The van der Waals surface area contributed by atoms with Crippen LogP contribution in [0.1, 0.15) is 17.0 Å². The number of hydrogen-bond donors (Lipinski definition) is 2. The molecular formula is C18H15F3N2O2. The Labute approximate surface area is 142 Å². The van der Waals surface area contributed by atoms with Gasteiger partial charge in [0.25, 0.3) is 0 Å². The number of nitrogens with one attached hydrogen (secondary N) is 2. The molecule has 0 spiro atoms. The fourth-order valence-corrected chi connectivity index (χ4v) is 2.97. The first kappa shape index (κ1) is 17.0. The predicted molar refractivity (Wildman–Crippen MR) is 85.4 cm³/mol. The van der Waals surface area contributed by atoms with Crippen molar-refractivity contribution >= 4 is 17.5 Å². The predicted octanol–water partition coefficient (Wildman–Crippen LogP) is 2.88. The minimum absolute atomic E-state index is 0.265. The molecule has 25 heavy (non-hydrogen) atoms. The fourth-order valence-electron chi connectivity index (χ4n) is 2.97. The van der Waals surface area contributed by atoms with Gasteiger partial charge < -0.3 is 10.6 Å². The van der Waals surface area contributed by atoms with Gasteiger partial charge in [-0.05, 0) is 24.6 Å². The molecule has 2 atom stereocenters. The van der Waals surface area contributed by atoms with Crippen molar-refractivity contribution in [3.8, 4) is 0 Å². The van der Waals surface area contributed by atoms with E-state index in [1.165, 1.54) is 0 Å². The van der Waals surface area contributed by atoms with E-state index in [0.29, 0.717) is 6.07 Å². The number of hydrogen-bond acceptors (Lipinski definition) is 2. The molecule has 1 saturated heterocycles. The molecule has 130 valence electrons. The van der Waals surface area contributed by atoms with Crippen LogP contribution in [0.5, 0.6) is 0 Å². The van der Waals surface area contributed by atoms with Crippen LogP contribution in [0, 0.1) is 30.3 Å². The number of carbonyl (C=O) groups excluding carboxylic acids is 2. The molecule has 1 aliphatic rings. The highest BCUT2D eigenvalue weighted by molar-refractivity contribution is 6.08. The summed E-state index contributed by atoms with van der Waals surface area (Å²) in [6.07, 6.45) is 0. The second-order valence-corrected chi connectivity index (χ2v) is 5.96. The lowest BCUT2D eigenvalue weighted by Gasteiger charge is -2.17. The molecule has 1 aliphatic heterocycles. The van der Waals surface area contributed by atoms with E-state index in [9.17, 15) is 22.8 Å². The van der Waals surface area contributed by atoms with Crippen LogP contribution in [0.2, 0.25) is 0 Å². The van der Waals surface area contributed by atoms with Gasteiger partial charge in [0, 0.05) is 12.5 Å². The molecule has 7 heteroatoms. The van der Waals surface area contributed by atoms with Crippen molar-refractivity contribution < 1.29 is 22.8 Å². The summed E-state index contributed by atoms with van der Waals surface area (Å²) < 4.78 is 40.0. The molecule has 4 nitrogen and oxygen atoms in total. The number of aryl methyl sites for hydroxylation is 1. The molecule has 2 N–H and O–H groups in total. The van der Waals surface area contributed by atoms with Crippen LogP contribution < -0.4 is 10.6 Å². The largest absolute Gasteiger partial charge is 0.355 e. The van der Waals surface area contributed by atoms with Crippen molar-refractivity contribution in [3.63, 3.8) is 0 Å². The van der Waals surface area contributed by atoms with E-state index in [-0.39, 0.29) is 6.54 Å². The van der Waals surface area contributed by atoms with Crippen molar-refractivity contribution in [1.82, 2.24) is 5.32 Å². The average molecular weight is 348 g/mol. The molecule has 0 aliphatic carbocycles. The molecule has 1 heterocycles. The zero-order valence-corrected chi connectivity index (χ0v) is 13.3. The second-order valence-electron chi connectivity index (χ2n) is 5.96. The average Bonchev–Trinajstić information content (AvgIpc) is 2.97. The third-order valence-corrected chi connectivity index (χ3v) is 4.23. The van der Waals surface area contributed by atoms with Crippen LogP contribution in [0.25, 0.3) is 0 Å². The molecule has 2 aromatic carbocycles. The van der Waals surface area contributed by atoms with Crippen LogP contribution in [-0.2, 0) is 9.59 Å². The summed E-state index contributed by atoms with van der Waals surface area (Å²) >= 11 is 0. The topological polar surface area (TPSA) is 58.2 Å². The van der Waals surface area contributed by atoms with Gasteiger partial charge in [-0.3, -0.25) is 9.59 Å². The molecular weight excluding hydrogens is 333 g/mol. The third kappa shape index (κ3) is 3.22. The lowest BCUT2D eigenvalue weighted by Crippen LogP contribution is -2.32. The molecule has 0 saturated carbocycles. The van der Waals surface area contributed by atoms with Gasteiger partial charge in [-0.25, -0.2) is 13.2 Å². The summed E-state index contributed by atoms with van der Waals surface area (Å²) in [5.74, 6) is -7.32. The molecule has 0 radical (unpaired) electrons. The molecule has 2 unspecified atom stereocenters. The van der Waals surface area contributed by atoms with Gasteiger partial charge in [0.05, 0.1) is 5.69 Å². The lowest BCUT2D eigenvalue weighted by molar-refractivity contribution is -0.130. The Bertz CT molecular complexity index is 854. The second kappa shape index (κ2) is 6.58. The van der Waals surface area contributed by atoms with E-state index in [2.05, 4.69) is 10.6 Å². The maximum Gasteiger partial charge on any atom is 0.237 e. The van der Waals surface area contributed by atoms with Gasteiger partial charge in [-0.1, -0.05) is 29.8 Å². The Morgan fingerprint density at radius 2 is 1.92 bits per heavy atom. The van der Waals surface area contributed by atoms with Gasteiger partial charge >= 0.3 is 0 Å². The normalized spacial score (nSPS) is 19.6. The van der Waals surface area contributed by atoms with Gasteiger partial charge in [0.15, 0.2) is 17.5 Å². The standard InChI is InChI=1S/C18H15F3N2O2/c1-9-3-2-4-10(7-9)11-8-22-17(24)14(11)18(25)23-13-6-5-12(19)15(20)16(13)21/h2-7,11,14H,8H2,1H3,(H,22,24)(H,23,25). The van der Waals surface area contributed by atoms with Crippen molar-refractivity contribution in [1.29, 1.82) is 0 Å². The van der Waals surface area contributed by atoms with E-state index < -0.39 is 46.8 Å². The summed E-state index contributed by atoms with van der Waals surface area (Å²) in [4.78, 5) is 24.6. The number of benzene rings is 2. The monoisotopic (exact) mass is 348 g/mol. The van der Waals surface area contributed by atoms with E-state index in [1.807, 2.05) is 25.1 Å². The number of rotatable bonds is 3. The molecule has 1 fully saturated rings.